The number of allylic oxidation sites excluding steroid dienone is 1. The van der Waals surface area contributed by atoms with Gasteiger partial charge in [0.2, 0.25) is 0 Å². The molecular weight excluding hydrogens is 152 g/mol. The van der Waals surface area contributed by atoms with Crippen molar-refractivity contribution in [3.8, 4) is 0 Å². The molecule has 1 rings (SSSR count). The molecule has 0 unspecified atom stereocenters. The summed E-state index contributed by atoms with van der Waals surface area (Å²) in [6.45, 7) is 7.52. The normalized spacial score (nSPS) is 30.7. The molecule has 0 spiro atoms. The van der Waals surface area contributed by atoms with Gasteiger partial charge in [-0.3, -0.25) is 4.79 Å². The lowest BCUT2D eigenvalue weighted by atomic mass is 9.85. The van der Waals surface area contributed by atoms with Crippen molar-refractivity contribution >= 4 is 5.78 Å². The van der Waals surface area contributed by atoms with E-state index in [9.17, 15) is 9.90 Å². The minimum atomic E-state index is -0.874. The van der Waals surface area contributed by atoms with Gasteiger partial charge in [-0.05, 0) is 30.9 Å². The lowest BCUT2D eigenvalue weighted by Gasteiger charge is -2.28. The molecule has 0 aromatic carbocycles. The Bertz CT molecular complexity index is 251. The van der Waals surface area contributed by atoms with Gasteiger partial charge in [0.15, 0.2) is 5.78 Å². The molecule has 0 aliphatic heterocycles. The summed E-state index contributed by atoms with van der Waals surface area (Å²) >= 11 is 0. The Morgan fingerprint density at radius 1 is 1.42 bits per heavy atom. The molecule has 0 amide bonds. The predicted molar refractivity (Wildman–Crippen MR) is 47.8 cm³/mol. The van der Waals surface area contributed by atoms with Crippen molar-refractivity contribution in [3.63, 3.8) is 0 Å². The van der Waals surface area contributed by atoms with Gasteiger partial charge in [-0.2, -0.15) is 0 Å². The molecule has 0 aromatic rings. The average molecular weight is 168 g/mol. The van der Waals surface area contributed by atoms with Gasteiger partial charge < -0.3 is 5.11 Å². The monoisotopic (exact) mass is 168 g/mol. The number of carbonyl (C=O) groups is 1. The van der Waals surface area contributed by atoms with E-state index in [1.165, 1.54) is 0 Å². The second-order valence-electron chi connectivity index (χ2n) is 3.93. The molecule has 1 N–H and O–H groups in total. The molecular formula is C10H16O2. The minimum absolute atomic E-state index is 0.0868. The van der Waals surface area contributed by atoms with Crippen LogP contribution in [0.25, 0.3) is 0 Å². The molecule has 1 aliphatic carbocycles. The van der Waals surface area contributed by atoms with Crippen molar-refractivity contribution < 1.29 is 9.90 Å². The van der Waals surface area contributed by atoms with E-state index < -0.39 is 5.60 Å². The third-order valence-corrected chi connectivity index (χ3v) is 3.02. The van der Waals surface area contributed by atoms with E-state index in [1.54, 1.807) is 6.92 Å². The zero-order valence-electron chi connectivity index (χ0n) is 8.14. The number of Topliss-reactive ketones (excluding diaryl/α,β-unsaturated/α-hetero) is 1. The lowest BCUT2D eigenvalue weighted by molar-refractivity contribution is -0.118. The highest BCUT2D eigenvalue weighted by molar-refractivity contribution is 5.99. The van der Waals surface area contributed by atoms with Crippen molar-refractivity contribution in [2.45, 2.75) is 39.7 Å². The molecule has 68 valence electrons. The summed E-state index contributed by atoms with van der Waals surface area (Å²) in [6, 6.07) is 0. The molecule has 1 atom stereocenters. The van der Waals surface area contributed by atoms with Gasteiger partial charge in [-0.1, -0.05) is 13.8 Å². The molecule has 1 aliphatic rings. The molecule has 0 fully saturated rings. The SMILES string of the molecule is CC1=C(C)[C@](O)(C(C)C)CC1=O. The maximum absolute atomic E-state index is 11.3. The molecule has 12 heavy (non-hydrogen) atoms. The Hall–Kier alpha value is -0.630. The quantitative estimate of drug-likeness (QED) is 0.646. The largest absolute Gasteiger partial charge is 0.385 e. The topological polar surface area (TPSA) is 37.3 Å². The third kappa shape index (κ3) is 1.11. The summed E-state index contributed by atoms with van der Waals surface area (Å²) in [4.78, 5) is 11.3. The highest BCUT2D eigenvalue weighted by Gasteiger charge is 2.42. The molecule has 0 radical (unpaired) electrons. The first-order valence-corrected chi connectivity index (χ1v) is 4.33. The first-order chi connectivity index (χ1) is 5.39. The molecule has 2 nitrogen and oxygen atoms in total. The van der Waals surface area contributed by atoms with E-state index in [1.807, 2.05) is 20.8 Å². The average Bonchev–Trinajstić information content (AvgIpc) is 2.17. The first kappa shape index (κ1) is 9.46. The fraction of sp³-hybridized carbons (Fsp3) is 0.700. The maximum Gasteiger partial charge on any atom is 0.161 e. The van der Waals surface area contributed by atoms with Crippen LogP contribution in [0, 0.1) is 5.92 Å². The van der Waals surface area contributed by atoms with Crippen LogP contribution in [-0.2, 0) is 4.79 Å². The Balaban J connectivity index is 3.08. The van der Waals surface area contributed by atoms with Crippen LogP contribution in [0.2, 0.25) is 0 Å². The van der Waals surface area contributed by atoms with E-state index in [0.29, 0.717) is 0 Å². The third-order valence-electron chi connectivity index (χ3n) is 3.02. The van der Waals surface area contributed by atoms with E-state index in [2.05, 4.69) is 0 Å². The molecule has 2 heteroatoms. The van der Waals surface area contributed by atoms with Crippen LogP contribution in [0.15, 0.2) is 11.1 Å². The van der Waals surface area contributed by atoms with Crippen LogP contribution in [0.3, 0.4) is 0 Å². The van der Waals surface area contributed by atoms with Crippen LogP contribution < -0.4 is 0 Å². The van der Waals surface area contributed by atoms with Crippen molar-refractivity contribution in [1.29, 1.82) is 0 Å². The van der Waals surface area contributed by atoms with E-state index in [0.717, 1.165) is 11.1 Å². The van der Waals surface area contributed by atoms with Crippen LogP contribution >= 0.6 is 0 Å². The predicted octanol–water partition coefficient (Wildman–Crippen LogP) is 1.68. The standard InChI is InChI=1S/C10H16O2/c1-6(2)10(12)5-9(11)7(3)8(10)4/h6,12H,5H2,1-4H3/t10-/m1/s1. The van der Waals surface area contributed by atoms with Crippen LogP contribution in [0.1, 0.15) is 34.1 Å². The van der Waals surface area contributed by atoms with Crippen molar-refractivity contribution in [2.24, 2.45) is 5.92 Å². The number of hydrogen-bond acceptors (Lipinski definition) is 2. The van der Waals surface area contributed by atoms with Gasteiger partial charge in [0, 0.05) is 6.42 Å². The van der Waals surface area contributed by atoms with E-state index in [-0.39, 0.29) is 18.1 Å². The Morgan fingerprint density at radius 2 is 1.92 bits per heavy atom. The fourth-order valence-electron chi connectivity index (χ4n) is 1.68. The highest BCUT2D eigenvalue weighted by Crippen LogP contribution is 2.37. The van der Waals surface area contributed by atoms with Crippen LogP contribution in [0.5, 0.6) is 0 Å². The van der Waals surface area contributed by atoms with Gasteiger partial charge in [-0.25, -0.2) is 0 Å². The number of rotatable bonds is 1. The Kier molecular flexibility index (Phi) is 2.13. The van der Waals surface area contributed by atoms with Crippen LogP contribution in [0.4, 0.5) is 0 Å². The Labute approximate surface area is 73.3 Å². The van der Waals surface area contributed by atoms with E-state index in [4.69, 9.17) is 0 Å². The summed E-state index contributed by atoms with van der Waals surface area (Å²) in [7, 11) is 0. The summed E-state index contributed by atoms with van der Waals surface area (Å²) in [6.07, 6.45) is 0.266. The van der Waals surface area contributed by atoms with Crippen LogP contribution in [-0.4, -0.2) is 16.5 Å². The minimum Gasteiger partial charge on any atom is -0.385 e. The van der Waals surface area contributed by atoms with Gasteiger partial charge in [-0.15, -0.1) is 0 Å². The first-order valence-electron chi connectivity index (χ1n) is 4.33. The smallest absolute Gasteiger partial charge is 0.161 e. The summed E-state index contributed by atoms with van der Waals surface area (Å²) in [5.74, 6) is 0.197. The zero-order chi connectivity index (χ0) is 9.52. The molecule has 0 saturated heterocycles. The molecule has 0 bridgehead atoms. The van der Waals surface area contributed by atoms with Crippen molar-refractivity contribution in [2.75, 3.05) is 0 Å². The summed E-state index contributed by atoms with van der Waals surface area (Å²) in [5.41, 5.74) is 0.718. The number of hydrogen-bond donors (Lipinski definition) is 1. The number of ketones is 1. The molecule has 0 aromatic heterocycles. The molecule has 0 saturated carbocycles. The summed E-state index contributed by atoms with van der Waals surface area (Å²) in [5, 5.41) is 10.1. The second-order valence-corrected chi connectivity index (χ2v) is 3.93. The fourth-order valence-corrected chi connectivity index (χ4v) is 1.68. The van der Waals surface area contributed by atoms with E-state index >= 15 is 0 Å². The van der Waals surface area contributed by atoms with Crippen molar-refractivity contribution in [1.82, 2.24) is 0 Å². The summed E-state index contributed by atoms with van der Waals surface area (Å²) < 4.78 is 0. The van der Waals surface area contributed by atoms with Gasteiger partial charge in [0.1, 0.15) is 0 Å². The molecule has 0 heterocycles. The number of carbonyl (C=O) groups excluding carboxylic acids is 1. The van der Waals surface area contributed by atoms with Gasteiger partial charge in [0.05, 0.1) is 5.60 Å². The van der Waals surface area contributed by atoms with Gasteiger partial charge >= 0.3 is 0 Å². The maximum atomic E-state index is 11.3. The van der Waals surface area contributed by atoms with Crippen molar-refractivity contribution in [3.05, 3.63) is 11.1 Å². The highest BCUT2D eigenvalue weighted by atomic mass is 16.3. The van der Waals surface area contributed by atoms with Gasteiger partial charge in [0.25, 0.3) is 0 Å². The lowest BCUT2D eigenvalue weighted by Crippen LogP contribution is -2.34. The number of aliphatic hydroxyl groups is 1. The zero-order valence-corrected chi connectivity index (χ0v) is 8.14. The second kappa shape index (κ2) is 2.70. The Morgan fingerprint density at radius 3 is 2.08 bits per heavy atom.